The SMILES string of the molecule is COc1cc2[nH]cc(Br)c2cn1. The van der Waals surface area contributed by atoms with Gasteiger partial charge in [0.05, 0.1) is 12.6 Å². The van der Waals surface area contributed by atoms with Gasteiger partial charge in [-0.2, -0.15) is 0 Å². The van der Waals surface area contributed by atoms with Gasteiger partial charge in [0.25, 0.3) is 0 Å². The molecule has 0 atom stereocenters. The zero-order valence-corrected chi connectivity index (χ0v) is 8.05. The summed E-state index contributed by atoms with van der Waals surface area (Å²) in [5.41, 5.74) is 1.02. The van der Waals surface area contributed by atoms with Gasteiger partial charge in [-0.05, 0) is 15.9 Å². The van der Waals surface area contributed by atoms with E-state index in [2.05, 4.69) is 25.9 Å². The van der Waals surface area contributed by atoms with E-state index in [4.69, 9.17) is 4.74 Å². The molecule has 3 nitrogen and oxygen atoms in total. The molecule has 0 radical (unpaired) electrons. The van der Waals surface area contributed by atoms with Crippen molar-refractivity contribution in [3.63, 3.8) is 0 Å². The minimum Gasteiger partial charge on any atom is -0.481 e. The third-order valence-electron chi connectivity index (χ3n) is 1.70. The molecule has 0 aliphatic heterocycles. The van der Waals surface area contributed by atoms with E-state index in [0.29, 0.717) is 5.88 Å². The maximum Gasteiger partial charge on any atom is 0.215 e. The van der Waals surface area contributed by atoms with Gasteiger partial charge in [0.1, 0.15) is 0 Å². The topological polar surface area (TPSA) is 37.9 Å². The molecule has 0 saturated heterocycles. The standard InChI is InChI=1S/C8H7BrN2O/c1-12-8-2-7-5(3-11-8)6(9)4-10-7/h2-4,10H,1H3. The number of ether oxygens (including phenoxy) is 1. The number of aromatic amines is 1. The predicted molar refractivity (Wildman–Crippen MR) is 50.3 cm³/mol. The minimum atomic E-state index is 0.622. The summed E-state index contributed by atoms with van der Waals surface area (Å²) in [6, 6.07) is 1.86. The zero-order chi connectivity index (χ0) is 8.55. The molecule has 2 aromatic heterocycles. The van der Waals surface area contributed by atoms with E-state index in [0.717, 1.165) is 15.4 Å². The highest BCUT2D eigenvalue weighted by Crippen LogP contribution is 2.24. The van der Waals surface area contributed by atoms with E-state index >= 15 is 0 Å². The first-order valence-corrected chi connectivity index (χ1v) is 4.27. The van der Waals surface area contributed by atoms with Crippen LogP contribution < -0.4 is 4.74 Å². The number of nitrogens with zero attached hydrogens (tertiary/aromatic N) is 1. The van der Waals surface area contributed by atoms with Gasteiger partial charge in [0.2, 0.25) is 5.88 Å². The molecular weight excluding hydrogens is 220 g/mol. The molecule has 0 aromatic carbocycles. The lowest BCUT2D eigenvalue weighted by Gasteiger charge is -1.96. The molecule has 0 spiro atoms. The van der Waals surface area contributed by atoms with Crippen LogP contribution in [0.3, 0.4) is 0 Å². The van der Waals surface area contributed by atoms with Crippen molar-refractivity contribution < 1.29 is 4.74 Å². The molecule has 0 bridgehead atoms. The fraction of sp³-hybridized carbons (Fsp3) is 0.125. The summed E-state index contributed by atoms with van der Waals surface area (Å²) in [7, 11) is 1.60. The van der Waals surface area contributed by atoms with Crippen LogP contribution in [0.15, 0.2) is 22.9 Å². The number of hydrogen-bond donors (Lipinski definition) is 1. The summed E-state index contributed by atoms with van der Waals surface area (Å²) in [6.07, 6.45) is 3.65. The second-order valence-corrected chi connectivity index (χ2v) is 3.26. The molecule has 2 rings (SSSR count). The lowest BCUT2D eigenvalue weighted by Crippen LogP contribution is -1.85. The molecule has 12 heavy (non-hydrogen) atoms. The number of rotatable bonds is 1. The summed E-state index contributed by atoms with van der Waals surface area (Å²) >= 11 is 3.40. The smallest absolute Gasteiger partial charge is 0.215 e. The lowest BCUT2D eigenvalue weighted by atomic mass is 10.3. The van der Waals surface area contributed by atoms with Gasteiger partial charge in [0, 0.05) is 28.3 Å². The minimum absolute atomic E-state index is 0.622. The Morgan fingerprint density at radius 1 is 1.58 bits per heavy atom. The Balaban J connectivity index is 2.69. The first-order valence-electron chi connectivity index (χ1n) is 3.48. The van der Waals surface area contributed by atoms with Crippen molar-refractivity contribution in [1.29, 1.82) is 0 Å². The quantitative estimate of drug-likeness (QED) is 0.811. The average Bonchev–Trinajstić information content (AvgIpc) is 2.47. The van der Waals surface area contributed by atoms with E-state index in [1.165, 1.54) is 0 Å². The van der Waals surface area contributed by atoms with Gasteiger partial charge >= 0.3 is 0 Å². The van der Waals surface area contributed by atoms with Crippen molar-refractivity contribution in [2.45, 2.75) is 0 Å². The molecule has 2 aromatic rings. The zero-order valence-electron chi connectivity index (χ0n) is 6.47. The van der Waals surface area contributed by atoms with Crippen molar-refractivity contribution in [1.82, 2.24) is 9.97 Å². The monoisotopic (exact) mass is 226 g/mol. The Hall–Kier alpha value is -1.03. The van der Waals surface area contributed by atoms with Gasteiger partial charge in [-0.1, -0.05) is 0 Å². The van der Waals surface area contributed by atoms with Crippen LogP contribution in [0.25, 0.3) is 10.9 Å². The number of H-pyrrole nitrogens is 1. The second-order valence-electron chi connectivity index (χ2n) is 2.41. The first kappa shape index (κ1) is 7.61. The summed E-state index contributed by atoms with van der Waals surface area (Å²) in [6.45, 7) is 0. The Bertz CT molecular complexity index is 410. The first-order chi connectivity index (χ1) is 5.81. The molecule has 4 heteroatoms. The fourth-order valence-electron chi connectivity index (χ4n) is 1.08. The maximum atomic E-state index is 4.99. The van der Waals surface area contributed by atoms with E-state index < -0.39 is 0 Å². The Morgan fingerprint density at radius 3 is 3.17 bits per heavy atom. The number of nitrogens with one attached hydrogen (secondary N) is 1. The number of aromatic nitrogens is 2. The van der Waals surface area contributed by atoms with Crippen molar-refractivity contribution in [2.75, 3.05) is 7.11 Å². The Morgan fingerprint density at radius 2 is 2.42 bits per heavy atom. The molecular formula is C8H7BrN2O. The highest BCUT2D eigenvalue weighted by Gasteiger charge is 2.01. The molecule has 0 aliphatic rings. The van der Waals surface area contributed by atoms with Crippen molar-refractivity contribution in [3.05, 3.63) is 22.9 Å². The molecule has 2 heterocycles. The third-order valence-corrected chi connectivity index (χ3v) is 2.36. The molecule has 0 saturated carbocycles. The summed E-state index contributed by atoms with van der Waals surface area (Å²) in [5.74, 6) is 0.622. The molecule has 1 N–H and O–H groups in total. The lowest BCUT2D eigenvalue weighted by molar-refractivity contribution is 0.398. The normalized spacial score (nSPS) is 10.5. The van der Waals surface area contributed by atoms with Gasteiger partial charge in [0.15, 0.2) is 0 Å². The number of halogens is 1. The van der Waals surface area contributed by atoms with Crippen LogP contribution in [-0.4, -0.2) is 17.1 Å². The number of methoxy groups -OCH3 is 1. The van der Waals surface area contributed by atoms with Crippen LogP contribution in [0.5, 0.6) is 5.88 Å². The van der Waals surface area contributed by atoms with Crippen LogP contribution >= 0.6 is 15.9 Å². The molecule has 0 amide bonds. The van der Waals surface area contributed by atoms with E-state index in [-0.39, 0.29) is 0 Å². The van der Waals surface area contributed by atoms with Crippen molar-refractivity contribution >= 4 is 26.8 Å². The summed E-state index contributed by atoms with van der Waals surface area (Å²) in [4.78, 5) is 7.18. The van der Waals surface area contributed by atoms with Crippen LogP contribution in [-0.2, 0) is 0 Å². The summed E-state index contributed by atoms with van der Waals surface area (Å²) < 4.78 is 6.01. The van der Waals surface area contributed by atoms with E-state index in [1.54, 1.807) is 13.3 Å². The number of hydrogen-bond acceptors (Lipinski definition) is 2. The average molecular weight is 227 g/mol. The molecule has 0 aliphatic carbocycles. The van der Waals surface area contributed by atoms with Crippen molar-refractivity contribution in [3.8, 4) is 5.88 Å². The second kappa shape index (κ2) is 2.79. The Labute approximate surface area is 77.9 Å². The largest absolute Gasteiger partial charge is 0.481 e. The molecule has 0 unspecified atom stereocenters. The number of fused-ring (bicyclic) bond motifs is 1. The number of pyridine rings is 1. The van der Waals surface area contributed by atoms with Crippen LogP contribution in [0, 0.1) is 0 Å². The molecule has 62 valence electrons. The highest BCUT2D eigenvalue weighted by atomic mass is 79.9. The highest BCUT2D eigenvalue weighted by molar-refractivity contribution is 9.10. The van der Waals surface area contributed by atoms with Gasteiger partial charge in [-0.25, -0.2) is 4.98 Å². The predicted octanol–water partition coefficient (Wildman–Crippen LogP) is 2.33. The Kier molecular flexibility index (Phi) is 1.77. The van der Waals surface area contributed by atoms with Gasteiger partial charge in [-0.15, -0.1) is 0 Å². The fourth-order valence-corrected chi connectivity index (χ4v) is 1.51. The maximum absolute atomic E-state index is 4.99. The van der Waals surface area contributed by atoms with Crippen LogP contribution in [0.1, 0.15) is 0 Å². The van der Waals surface area contributed by atoms with Crippen LogP contribution in [0.2, 0.25) is 0 Å². The third kappa shape index (κ3) is 1.08. The van der Waals surface area contributed by atoms with E-state index in [9.17, 15) is 0 Å². The van der Waals surface area contributed by atoms with Crippen LogP contribution in [0.4, 0.5) is 0 Å². The van der Waals surface area contributed by atoms with Crippen molar-refractivity contribution in [2.24, 2.45) is 0 Å². The summed E-state index contributed by atoms with van der Waals surface area (Å²) in [5, 5.41) is 1.07. The molecule has 0 fully saturated rings. The van der Waals surface area contributed by atoms with E-state index in [1.807, 2.05) is 12.3 Å². The van der Waals surface area contributed by atoms with Gasteiger partial charge in [-0.3, -0.25) is 0 Å². The van der Waals surface area contributed by atoms with Gasteiger partial charge < -0.3 is 9.72 Å².